The third-order valence-corrected chi connectivity index (χ3v) is 7.69. The van der Waals surface area contributed by atoms with E-state index in [0.717, 1.165) is 11.3 Å². The Kier molecular flexibility index (Phi) is 9.74. The second-order valence-electron chi connectivity index (χ2n) is 8.85. The van der Waals surface area contributed by atoms with Crippen LogP contribution in [0.25, 0.3) is 6.08 Å². The molecule has 0 bridgehead atoms. The van der Waals surface area contributed by atoms with Crippen molar-refractivity contribution in [1.82, 2.24) is 4.57 Å². The number of rotatable bonds is 10. The van der Waals surface area contributed by atoms with Crippen molar-refractivity contribution in [3.63, 3.8) is 0 Å². The van der Waals surface area contributed by atoms with Crippen LogP contribution in [0.5, 0.6) is 23.0 Å². The summed E-state index contributed by atoms with van der Waals surface area (Å²) in [5, 5.41) is 10.7. The number of carbonyl (C=O) groups is 2. The molecule has 0 radical (unpaired) electrons. The smallest absolute Gasteiger partial charge is 0.343 e. The highest BCUT2D eigenvalue weighted by Gasteiger charge is 2.34. The number of benzene rings is 2. The fourth-order valence-corrected chi connectivity index (χ4v) is 5.88. The lowest BCUT2D eigenvalue weighted by Gasteiger charge is -2.25. The molecule has 11 nitrogen and oxygen atoms in total. The molecule has 1 aromatic heterocycles. The number of ether oxygens (including phenoxy) is 5. The van der Waals surface area contributed by atoms with Crippen LogP contribution >= 0.6 is 27.3 Å². The Bertz CT molecular complexity index is 1740. The summed E-state index contributed by atoms with van der Waals surface area (Å²) in [6.45, 7) is 5.25. The van der Waals surface area contributed by atoms with E-state index in [2.05, 4.69) is 25.7 Å². The van der Waals surface area contributed by atoms with Gasteiger partial charge in [0.2, 0.25) is 0 Å². The van der Waals surface area contributed by atoms with Crippen LogP contribution in [0.2, 0.25) is 0 Å². The van der Waals surface area contributed by atoms with Gasteiger partial charge in [0.15, 0.2) is 34.4 Å². The molecule has 0 unspecified atom stereocenters. The van der Waals surface area contributed by atoms with Crippen LogP contribution in [0.1, 0.15) is 37.9 Å². The van der Waals surface area contributed by atoms with Gasteiger partial charge in [0.1, 0.15) is 0 Å². The molecule has 222 valence electrons. The average Bonchev–Trinajstić information content (AvgIpc) is 3.27. The minimum absolute atomic E-state index is 0.126. The molecule has 0 amide bonds. The van der Waals surface area contributed by atoms with Crippen LogP contribution in [0.4, 0.5) is 0 Å². The monoisotopic (exact) mass is 660 g/mol. The van der Waals surface area contributed by atoms with E-state index in [1.54, 1.807) is 57.2 Å². The molecule has 13 heteroatoms. The average molecular weight is 662 g/mol. The number of hydrogen-bond acceptors (Lipinski definition) is 11. The second-order valence-corrected chi connectivity index (χ2v) is 10.8. The largest absolute Gasteiger partial charge is 0.504 e. The first-order valence-corrected chi connectivity index (χ1v) is 14.5. The van der Waals surface area contributed by atoms with Crippen molar-refractivity contribution in [3.05, 3.63) is 76.9 Å². The van der Waals surface area contributed by atoms with E-state index in [9.17, 15) is 19.5 Å². The van der Waals surface area contributed by atoms with Crippen LogP contribution in [-0.4, -0.2) is 55.7 Å². The van der Waals surface area contributed by atoms with Gasteiger partial charge < -0.3 is 28.8 Å². The number of aromatic nitrogens is 1. The minimum Gasteiger partial charge on any atom is -0.504 e. The highest BCUT2D eigenvalue weighted by molar-refractivity contribution is 9.10. The molecule has 4 rings (SSSR count). The first-order valence-electron chi connectivity index (χ1n) is 12.9. The summed E-state index contributed by atoms with van der Waals surface area (Å²) in [6.07, 6.45) is 1.54. The van der Waals surface area contributed by atoms with E-state index >= 15 is 0 Å². The Morgan fingerprint density at radius 1 is 1.10 bits per heavy atom. The van der Waals surface area contributed by atoms with Gasteiger partial charge in [-0.25, -0.2) is 14.6 Å². The SMILES string of the molecule is CCOC(=O)C1=C(C)N=c2s/c(=C\c3cc(Br)cc(OC)c3O)c(=O)n2[C@@H]1c1ccc(OCC(=O)OC)c(OCC)c1. The summed E-state index contributed by atoms with van der Waals surface area (Å²) in [4.78, 5) is 43.8. The number of thiazole rings is 1. The molecule has 2 aromatic carbocycles. The second kappa shape index (κ2) is 13.3. The molecule has 1 aliphatic rings. The van der Waals surface area contributed by atoms with Crippen molar-refractivity contribution < 1.29 is 38.4 Å². The molecule has 1 atom stereocenters. The van der Waals surface area contributed by atoms with Crippen molar-refractivity contribution in [2.45, 2.75) is 26.8 Å². The van der Waals surface area contributed by atoms with Gasteiger partial charge in [-0.05, 0) is 56.7 Å². The molecular weight excluding hydrogens is 632 g/mol. The maximum absolute atomic E-state index is 13.9. The van der Waals surface area contributed by atoms with Crippen LogP contribution in [0.15, 0.2) is 55.9 Å². The number of phenols is 1. The Morgan fingerprint density at radius 2 is 1.86 bits per heavy atom. The van der Waals surface area contributed by atoms with Gasteiger partial charge >= 0.3 is 11.9 Å². The Morgan fingerprint density at radius 3 is 2.52 bits per heavy atom. The fourth-order valence-electron chi connectivity index (χ4n) is 4.39. The van der Waals surface area contributed by atoms with Gasteiger partial charge in [-0.1, -0.05) is 33.3 Å². The summed E-state index contributed by atoms with van der Waals surface area (Å²) in [7, 11) is 2.69. The number of aromatic hydroxyl groups is 1. The van der Waals surface area contributed by atoms with E-state index in [4.69, 9.17) is 18.9 Å². The first kappa shape index (κ1) is 30.8. The summed E-state index contributed by atoms with van der Waals surface area (Å²) >= 11 is 4.51. The molecule has 2 heterocycles. The lowest BCUT2D eigenvalue weighted by atomic mass is 9.95. The number of carbonyl (C=O) groups excluding carboxylic acids is 2. The zero-order chi connectivity index (χ0) is 30.6. The molecular formula is C29H29BrN2O9S. The van der Waals surface area contributed by atoms with Gasteiger partial charge in [0.05, 0.1) is 49.3 Å². The minimum atomic E-state index is -0.915. The van der Waals surface area contributed by atoms with Gasteiger partial charge in [-0.3, -0.25) is 9.36 Å². The van der Waals surface area contributed by atoms with E-state index < -0.39 is 23.5 Å². The fraction of sp³-hybridized carbons (Fsp3) is 0.310. The van der Waals surface area contributed by atoms with Crippen molar-refractivity contribution in [2.75, 3.05) is 34.0 Å². The maximum atomic E-state index is 13.9. The molecule has 0 fully saturated rings. The van der Waals surface area contributed by atoms with Gasteiger partial charge in [0, 0.05) is 10.0 Å². The van der Waals surface area contributed by atoms with Crippen LogP contribution < -0.4 is 29.1 Å². The van der Waals surface area contributed by atoms with Gasteiger partial charge in [-0.15, -0.1) is 0 Å². The van der Waals surface area contributed by atoms with E-state index in [0.29, 0.717) is 38.5 Å². The van der Waals surface area contributed by atoms with E-state index in [-0.39, 0.29) is 40.6 Å². The summed E-state index contributed by atoms with van der Waals surface area (Å²) in [5.41, 5.74) is 1.03. The van der Waals surface area contributed by atoms with Gasteiger partial charge in [0.25, 0.3) is 5.56 Å². The van der Waals surface area contributed by atoms with E-state index in [1.165, 1.54) is 18.8 Å². The van der Waals surface area contributed by atoms with Crippen LogP contribution in [0.3, 0.4) is 0 Å². The number of phenolic OH excluding ortho intramolecular Hbond substituents is 1. The molecule has 0 spiro atoms. The number of methoxy groups -OCH3 is 2. The number of allylic oxidation sites excluding steroid dienone is 1. The molecule has 0 aliphatic carbocycles. The number of esters is 2. The number of fused-ring (bicyclic) bond motifs is 1. The quantitative estimate of drug-likeness (QED) is 0.325. The third kappa shape index (κ3) is 6.21. The lowest BCUT2D eigenvalue weighted by Crippen LogP contribution is -2.40. The summed E-state index contributed by atoms with van der Waals surface area (Å²) in [6, 6.07) is 7.29. The highest BCUT2D eigenvalue weighted by Crippen LogP contribution is 2.37. The Balaban J connectivity index is 1.93. The lowest BCUT2D eigenvalue weighted by molar-refractivity contribution is -0.143. The molecule has 1 aliphatic heterocycles. The maximum Gasteiger partial charge on any atom is 0.343 e. The van der Waals surface area contributed by atoms with Crippen molar-refractivity contribution in [3.8, 4) is 23.0 Å². The predicted octanol–water partition coefficient (Wildman–Crippen LogP) is 3.23. The third-order valence-electron chi connectivity index (χ3n) is 6.25. The van der Waals surface area contributed by atoms with Crippen molar-refractivity contribution in [2.24, 2.45) is 4.99 Å². The van der Waals surface area contributed by atoms with Crippen LogP contribution in [-0.2, 0) is 19.1 Å². The topological polar surface area (TPSA) is 135 Å². The number of halogens is 1. The number of nitrogens with zero attached hydrogens (tertiary/aromatic N) is 2. The molecule has 0 saturated heterocycles. The summed E-state index contributed by atoms with van der Waals surface area (Å²) in [5.74, 6) is -0.474. The number of hydrogen-bond donors (Lipinski definition) is 1. The Hall–Kier alpha value is -4.10. The van der Waals surface area contributed by atoms with Crippen molar-refractivity contribution >= 4 is 45.3 Å². The van der Waals surface area contributed by atoms with E-state index in [1.807, 2.05) is 0 Å². The molecule has 0 saturated carbocycles. The van der Waals surface area contributed by atoms with Crippen molar-refractivity contribution in [1.29, 1.82) is 0 Å². The molecule has 3 aromatic rings. The van der Waals surface area contributed by atoms with Crippen LogP contribution in [0, 0.1) is 0 Å². The first-order chi connectivity index (χ1) is 20.1. The Labute approximate surface area is 253 Å². The zero-order valence-electron chi connectivity index (χ0n) is 23.6. The molecule has 1 N–H and O–H groups in total. The van der Waals surface area contributed by atoms with Gasteiger partial charge in [-0.2, -0.15) is 0 Å². The normalized spacial score (nSPS) is 14.6. The summed E-state index contributed by atoms with van der Waals surface area (Å²) < 4.78 is 29.0. The zero-order valence-corrected chi connectivity index (χ0v) is 26.0. The predicted molar refractivity (Wildman–Crippen MR) is 158 cm³/mol. The molecule has 42 heavy (non-hydrogen) atoms. The highest BCUT2D eigenvalue weighted by atomic mass is 79.9. The standard InChI is InChI=1S/C29H29BrN2O9S/c1-6-39-20-11-16(8-9-19(20)41-14-23(33)38-5)25-24(28(36)40-7-2)15(3)31-29-32(25)27(35)22(42-29)12-17-10-18(30)13-21(37-4)26(17)34/h8-13,25,34H,6-7,14H2,1-5H3/b22-12-/t25-/m1/s1.